The molecule has 1 fully saturated rings. The first-order valence-electron chi connectivity index (χ1n) is 13.0. The highest BCUT2D eigenvalue weighted by molar-refractivity contribution is 5.94. The summed E-state index contributed by atoms with van der Waals surface area (Å²) in [6, 6.07) is 40.6. The van der Waals surface area contributed by atoms with E-state index in [2.05, 4.69) is 36.4 Å². The first kappa shape index (κ1) is 23.4. The number of esters is 1. The largest absolute Gasteiger partial charge is 0.450 e. The van der Waals surface area contributed by atoms with Crippen molar-refractivity contribution >= 4 is 5.97 Å². The van der Waals surface area contributed by atoms with Crippen molar-refractivity contribution in [1.29, 1.82) is 0 Å². The summed E-state index contributed by atoms with van der Waals surface area (Å²) in [7, 11) is 0. The molecule has 37 heavy (non-hydrogen) atoms. The molecule has 2 aliphatic rings. The minimum atomic E-state index is -0.885. The first-order valence-corrected chi connectivity index (χ1v) is 13.0. The van der Waals surface area contributed by atoms with Crippen molar-refractivity contribution in [3.05, 3.63) is 155 Å². The van der Waals surface area contributed by atoms with E-state index in [0.29, 0.717) is 24.8 Å². The number of ether oxygens (including phenoxy) is 1. The van der Waals surface area contributed by atoms with Gasteiger partial charge in [0, 0.05) is 30.3 Å². The molecule has 0 aromatic heterocycles. The van der Waals surface area contributed by atoms with Crippen molar-refractivity contribution in [3.63, 3.8) is 0 Å². The molecule has 0 bridgehead atoms. The van der Waals surface area contributed by atoms with Crippen LogP contribution in [0.2, 0.25) is 0 Å². The van der Waals surface area contributed by atoms with Crippen LogP contribution in [0.4, 0.5) is 0 Å². The molecule has 4 aromatic carbocycles. The number of carbonyl (C=O) groups is 1. The molecule has 4 atom stereocenters. The fourth-order valence-electron chi connectivity index (χ4n) is 6.38. The lowest BCUT2D eigenvalue weighted by Crippen LogP contribution is -2.50. The lowest BCUT2D eigenvalue weighted by atomic mass is 9.60. The zero-order valence-corrected chi connectivity index (χ0v) is 20.7. The number of hydrogen-bond donors (Lipinski definition) is 1. The topological polar surface area (TPSA) is 46.5 Å². The third-order valence-corrected chi connectivity index (χ3v) is 7.93. The van der Waals surface area contributed by atoms with Gasteiger partial charge in [-0.25, -0.2) is 4.79 Å². The van der Waals surface area contributed by atoms with E-state index in [1.807, 2.05) is 84.9 Å². The SMILES string of the molecule is O=C1OC2(Cc3ccccc3)C(=C1Cc1ccccc1)C(c1ccccc1)C(O)CC2c1ccccc1. The minimum absolute atomic E-state index is 0.170. The van der Waals surface area contributed by atoms with Gasteiger partial charge in [-0.3, -0.25) is 0 Å². The lowest BCUT2D eigenvalue weighted by Gasteiger charge is -2.48. The highest BCUT2D eigenvalue weighted by Crippen LogP contribution is 2.58. The number of carbonyl (C=O) groups excluding carboxylic acids is 1. The van der Waals surface area contributed by atoms with Gasteiger partial charge >= 0.3 is 5.97 Å². The highest BCUT2D eigenvalue weighted by Gasteiger charge is 2.59. The Balaban J connectivity index is 1.60. The zero-order chi connectivity index (χ0) is 25.2. The van der Waals surface area contributed by atoms with E-state index in [0.717, 1.165) is 27.8 Å². The number of rotatable bonds is 6. The molecule has 184 valence electrons. The molecule has 1 aliphatic carbocycles. The Morgan fingerprint density at radius 2 is 1.22 bits per heavy atom. The molecule has 3 heteroatoms. The number of aliphatic hydroxyl groups excluding tert-OH is 1. The van der Waals surface area contributed by atoms with E-state index < -0.39 is 11.7 Å². The Morgan fingerprint density at radius 3 is 1.81 bits per heavy atom. The quantitative estimate of drug-likeness (QED) is 0.321. The molecule has 1 heterocycles. The van der Waals surface area contributed by atoms with E-state index in [1.165, 1.54) is 0 Å². The number of fused-ring (bicyclic) bond motifs is 1. The monoisotopic (exact) mass is 486 g/mol. The van der Waals surface area contributed by atoms with Crippen LogP contribution in [-0.2, 0) is 22.4 Å². The summed E-state index contributed by atoms with van der Waals surface area (Å²) < 4.78 is 6.58. The molecule has 4 aromatic rings. The van der Waals surface area contributed by atoms with E-state index >= 15 is 0 Å². The molecule has 1 saturated carbocycles. The van der Waals surface area contributed by atoms with Crippen LogP contribution < -0.4 is 0 Å². The molecule has 0 amide bonds. The van der Waals surface area contributed by atoms with Gasteiger partial charge in [0.25, 0.3) is 0 Å². The fraction of sp³-hybridized carbons (Fsp3) is 0.206. The van der Waals surface area contributed by atoms with Gasteiger partial charge in [0.15, 0.2) is 0 Å². The molecule has 1 aliphatic heterocycles. The van der Waals surface area contributed by atoms with Crippen LogP contribution in [0.15, 0.2) is 132 Å². The Kier molecular flexibility index (Phi) is 6.23. The zero-order valence-electron chi connectivity index (χ0n) is 20.7. The standard InChI is InChI=1S/C34H30O3/c35-30-22-29(26-17-9-3-10-18-26)34(23-25-15-7-2-8-16-25)32(31(30)27-19-11-4-12-20-27)28(33(36)37-34)21-24-13-5-1-6-14-24/h1-20,29-31,35H,21-23H2. The van der Waals surface area contributed by atoms with Crippen molar-refractivity contribution < 1.29 is 14.6 Å². The Labute approximate surface area is 218 Å². The van der Waals surface area contributed by atoms with Gasteiger partial charge in [-0.15, -0.1) is 0 Å². The van der Waals surface area contributed by atoms with Crippen LogP contribution in [0, 0.1) is 0 Å². The van der Waals surface area contributed by atoms with Crippen molar-refractivity contribution in [1.82, 2.24) is 0 Å². The molecule has 0 radical (unpaired) electrons. The summed E-state index contributed by atoms with van der Waals surface area (Å²) in [5, 5.41) is 11.8. The average Bonchev–Trinajstić information content (AvgIpc) is 3.21. The number of benzene rings is 4. The van der Waals surface area contributed by atoms with Crippen molar-refractivity contribution in [3.8, 4) is 0 Å². The van der Waals surface area contributed by atoms with Gasteiger partial charge in [-0.05, 0) is 34.2 Å². The second kappa shape index (κ2) is 9.84. The maximum Gasteiger partial charge on any atom is 0.335 e. The van der Waals surface area contributed by atoms with Crippen molar-refractivity contribution in [2.45, 2.75) is 42.8 Å². The summed E-state index contributed by atoms with van der Waals surface area (Å²) in [4.78, 5) is 13.8. The maximum absolute atomic E-state index is 13.8. The van der Waals surface area contributed by atoms with Crippen LogP contribution in [-0.4, -0.2) is 22.8 Å². The molecular weight excluding hydrogens is 456 g/mol. The van der Waals surface area contributed by atoms with Gasteiger partial charge in [0.2, 0.25) is 0 Å². The van der Waals surface area contributed by atoms with Crippen molar-refractivity contribution in [2.24, 2.45) is 0 Å². The minimum Gasteiger partial charge on any atom is -0.450 e. The number of hydrogen-bond acceptors (Lipinski definition) is 3. The summed E-state index contributed by atoms with van der Waals surface area (Å²) in [6.45, 7) is 0. The fourth-order valence-corrected chi connectivity index (χ4v) is 6.38. The Morgan fingerprint density at radius 1 is 0.703 bits per heavy atom. The van der Waals surface area contributed by atoms with Crippen LogP contribution >= 0.6 is 0 Å². The van der Waals surface area contributed by atoms with Gasteiger partial charge in [0.05, 0.1) is 6.10 Å². The highest BCUT2D eigenvalue weighted by atomic mass is 16.6. The Bertz CT molecular complexity index is 1400. The van der Waals surface area contributed by atoms with Gasteiger partial charge in [0.1, 0.15) is 5.60 Å². The van der Waals surface area contributed by atoms with E-state index in [-0.39, 0.29) is 17.8 Å². The summed E-state index contributed by atoms with van der Waals surface area (Å²) >= 11 is 0. The van der Waals surface area contributed by atoms with Crippen LogP contribution in [0.5, 0.6) is 0 Å². The van der Waals surface area contributed by atoms with Crippen molar-refractivity contribution in [2.75, 3.05) is 0 Å². The van der Waals surface area contributed by atoms with E-state index in [1.54, 1.807) is 0 Å². The molecule has 6 rings (SSSR count). The maximum atomic E-state index is 13.8. The molecule has 0 spiro atoms. The molecule has 4 unspecified atom stereocenters. The molecule has 1 N–H and O–H groups in total. The number of aliphatic hydroxyl groups is 1. The predicted octanol–water partition coefficient (Wildman–Crippen LogP) is 6.40. The second-order valence-electron chi connectivity index (χ2n) is 10.2. The normalized spacial score (nSPS) is 25.0. The van der Waals surface area contributed by atoms with E-state index in [9.17, 15) is 9.90 Å². The summed E-state index contributed by atoms with van der Waals surface area (Å²) in [6.07, 6.45) is 0.893. The van der Waals surface area contributed by atoms with E-state index in [4.69, 9.17) is 4.74 Å². The summed E-state index contributed by atoms with van der Waals surface area (Å²) in [5.41, 5.74) is 4.98. The lowest BCUT2D eigenvalue weighted by molar-refractivity contribution is -0.151. The second-order valence-corrected chi connectivity index (χ2v) is 10.2. The molecule has 0 saturated heterocycles. The molecule has 3 nitrogen and oxygen atoms in total. The van der Waals surface area contributed by atoms with Crippen LogP contribution in [0.3, 0.4) is 0 Å². The van der Waals surface area contributed by atoms with Crippen LogP contribution in [0.1, 0.15) is 40.5 Å². The molecular formula is C34H30O3. The summed E-state index contributed by atoms with van der Waals surface area (Å²) in [5.74, 6) is -0.767. The average molecular weight is 487 g/mol. The Hall–Kier alpha value is -3.95. The first-order chi connectivity index (χ1) is 18.2. The third-order valence-electron chi connectivity index (χ3n) is 7.93. The van der Waals surface area contributed by atoms with Gasteiger partial charge < -0.3 is 9.84 Å². The van der Waals surface area contributed by atoms with Gasteiger partial charge in [-0.2, -0.15) is 0 Å². The van der Waals surface area contributed by atoms with Crippen LogP contribution in [0.25, 0.3) is 0 Å². The van der Waals surface area contributed by atoms with Gasteiger partial charge in [-0.1, -0.05) is 121 Å². The predicted molar refractivity (Wildman–Crippen MR) is 145 cm³/mol. The third kappa shape index (κ3) is 4.30. The smallest absolute Gasteiger partial charge is 0.335 e.